The SMILES string of the molecule is Sc1cccc(Sc2cccc(S)c2)c1. The van der Waals surface area contributed by atoms with E-state index in [1.54, 1.807) is 11.8 Å². The summed E-state index contributed by atoms with van der Waals surface area (Å²) in [4.78, 5) is 4.37. The summed E-state index contributed by atoms with van der Waals surface area (Å²) in [5.41, 5.74) is 0. The van der Waals surface area contributed by atoms with Crippen molar-refractivity contribution in [2.24, 2.45) is 0 Å². The smallest absolute Gasteiger partial charge is 0.0133 e. The third-order valence-electron chi connectivity index (χ3n) is 1.87. The maximum absolute atomic E-state index is 4.31. The normalized spacial score (nSPS) is 10.3. The first-order valence-corrected chi connectivity index (χ1v) is 6.21. The molecule has 3 heteroatoms. The summed E-state index contributed by atoms with van der Waals surface area (Å²) in [6, 6.07) is 16.2. The zero-order chi connectivity index (χ0) is 10.7. The predicted molar refractivity (Wildman–Crippen MR) is 71.5 cm³/mol. The van der Waals surface area contributed by atoms with Crippen molar-refractivity contribution < 1.29 is 0 Å². The standard InChI is InChI=1S/C12H10S3/c13-9-3-1-5-11(7-9)15-12-6-2-4-10(14)8-12/h1-8,13-14H. The van der Waals surface area contributed by atoms with Crippen molar-refractivity contribution in [1.29, 1.82) is 0 Å². The number of hydrogen-bond acceptors (Lipinski definition) is 3. The van der Waals surface area contributed by atoms with Crippen LogP contribution >= 0.6 is 37.0 Å². The number of hydrogen-bond donors (Lipinski definition) is 2. The van der Waals surface area contributed by atoms with Crippen LogP contribution in [0.4, 0.5) is 0 Å². The highest BCUT2D eigenvalue weighted by molar-refractivity contribution is 7.99. The van der Waals surface area contributed by atoms with E-state index < -0.39 is 0 Å². The monoisotopic (exact) mass is 250 g/mol. The average molecular weight is 250 g/mol. The van der Waals surface area contributed by atoms with Gasteiger partial charge in [0.05, 0.1) is 0 Å². The molecule has 0 aliphatic heterocycles. The van der Waals surface area contributed by atoms with E-state index in [1.807, 2.05) is 24.3 Å². The van der Waals surface area contributed by atoms with Crippen molar-refractivity contribution in [3.63, 3.8) is 0 Å². The Morgan fingerprint density at radius 1 is 0.733 bits per heavy atom. The third kappa shape index (κ3) is 3.23. The highest BCUT2D eigenvalue weighted by Gasteiger charge is 1.97. The van der Waals surface area contributed by atoms with Crippen molar-refractivity contribution in [2.75, 3.05) is 0 Å². The van der Waals surface area contributed by atoms with E-state index in [2.05, 4.69) is 49.5 Å². The quantitative estimate of drug-likeness (QED) is 0.744. The second kappa shape index (κ2) is 5.01. The Kier molecular flexibility index (Phi) is 3.67. The number of rotatable bonds is 2. The van der Waals surface area contributed by atoms with Crippen LogP contribution in [0.5, 0.6) is 0 Å². The molecule has 0 nitrogen and oxygen atoms in total. The van der Waals surface area contributed by atoms with Gasteiger partial charge < -0.3 is 0 Å². The highest BCUT2D eigenvalue weighted by Crippen LogP contribution is 2.29. The van der Waals surface area contributed by atoms with E-state index >= 15 is 0 Å². The summed E-state index contributed by atoms with van der Waals surface area (Å²) in [5.74, 6) is 0. The molecule has 0 fully saturated rings. The minimum absolute atomic E-state index is 0.988. The van der Waals surface area contributed by atoms with Gasteiger partial charge in [-0.25, -0.2) is 0 Å². The molecule has 0 unspecified atom stereocenters. The van der Waals surface area contributed by atoms with Crippen molar-refractivity contribution in [2.45, 2.75) is 19.6 Å². The second-order valence-electron chi connectivity index (χ2n) is 3.10. The highest BCUT2D eigenvalue weighted by atomic mass is 32.2. The third-order valence-corrected chi connectivity index (χ3v) is 3.41. The van der Waals surface area contributed by atoms with Crippen molar-refractivity contribution in [3.05, 3.63) is 48.5 Å². The molecule has 0 aliphatic rings. The van der Waals surface area contributed by atoms with Gasteiger partial charge in [0, 0.05) is 19.6 Å². The molecule has 0 heterocycles. The predicted octanol–water partition coefficient (Wildman–Crippen LogP) is 4.42. The van der Waals surface area contributed by atoms with Gasteiger partial charge in [-0.05, 0) is 36.4 Å². The van der Waals surface area contributed by atoms with Gasteiger partial charge >= 0.3 is 0 Å². The van der Waals surface area contributed by atoms with Gasteiger partial charge in [-0.2, -0.15) is 0 Å². The molecular formula is C12H10S3. The summed E-state index contributed by atoms with van der Waals surface area (Å²) in [6.07, 6.45) is 0. The molecule has 0 saturated heterocycles. The summed E-state index contributed by atoms with van der Waals surface area (Å²) < 4.78 is 0. The molecule has 2 aromatic rings. The van der Waals surface area contributed by atoms with Gasteiger partial charge in [0.1, 0.15) is 0 Å². The molecule has 0 saturated carbocycles. The van der Waals surface area contributed by atoms with Crippen LogP contribution in [0.25, 0.3) is 0 Å². The van der Waals surface area contributed by atoms with Gasteiger partial charge in [0.25, 0.3) is 0 Å². The van der Waals surface area contributed by atoms with Crippen LogP contribution in [0.15, 0.2) is 68.1 Å². The Hall–Kier alpha value is -0.510. The van der Waals surface area contributed by atoms with Crippen molar-refractivity contribution >= 4 is 37.0 Å². The maximum atomic E-state index is 4.31. The van der Waals surface area contributed by atoms with Gasteiger partial charge in [0.2, 0.25) is 0 Å². The fourth-order valence-electron chi connectivity index (χ4n) is 1.23. The fraction of sp³-hybridized carbons (Fsp3) is 0. The van der Waals surface area contributed by atoms with Crippen LogP contribution < -0.4 is 0 Å². The summed E-state index contributed by atoms with van der Waals surface area (Å²) in [7, 11) is 0. The number of thiol groups is 2. The van der Waals surface area contributed by atoms with Gasteiger partial charge in [-0.3, -0.25) is 0 Å². The molecule has 0 bridgehead atoms. The molecular weight excluding hydrogens is 240 g/mol. The Balaban J connectivity index is 2.22. The lowest BCUT2D eigenvalue weighted by molar-refractivity contribution is 1.30. The van der Waals surface area contributed by atoms with Gasteiger partial charge in [-0.1, -0.05) is 23.9 Å². The first kappa shape index (κ1) is 11.0. The molecule has 0 spiro atoms. The van der Waals surface area contributed by atoms with E-state index in [-0.39, 0.29) is 0 Å². The maximum Gasteiger partial charge on any atom is 0.0133 e. The molecule has 0 N–H and O–H groups in total. The Morgan fingerprint density at radius 3 is 1.60 bits per heavy atom. The van der Waals surface area contributed by atoms with E-state index in [9.17, 15) is 0 Å². The Bertz CT molecular complexity index is 422. The van der Waals surface area contributed by atoms with Crippen molar-refractivity contribution in [1.82, 2.24) is 0 Å². The summed E-state index contributed by atoms with van der Waals surface area (Å²) >= 11 is 10.3. The molecule has 15 heavy (non-hydrogen) atoms. The zero-order valence-corrected chi connectivity index (χ0v) is 10.5. The lowest BCUT2D eigenvalue weighted by Gasteiger charge is -2.02. The molecule has 0 radical (unpaired) electrons. The van der Waals surface area contributed by atoms with Crippen LogP contribution in [-0.2, 0) is 0 Å². The zero-order valence-electron chi connectivity index (χ0n) is 7.92. The molecule has 76 valence electrons. The van der Waals surface area contributed by atoms with Crippen LogP contribution in [-0.4, -0.2) is 0 Å². The minimum Gasteiger partial charge on any atom is -0.143 e. The van der Waals surface area contributed by atoms with Gasteiger partial charge in [-0.15, -0.1) is 25.3 Å². The van der Waals surface area contributed by atoms with E-state index in [4.69, 9.17) is 0 Å². The van der Waals surface area contributed by atoms with E-state index in [0.717, 1.165) is 9.79 Å². The summed E-state index contributed by atoms with van der Waals surface area (Å²) in [6.45, 7) is 0. The lowest BCUT2D eigenvalue weighted by Crippen LogP contribution is -1.74. The molecule has 2 aromatic carbocycles. The molecule has 0 aliphatic carbocycles. The largest absolute Gasteiger partial charge is 0.143 e. The molecule has 0 atom stereocenters. The molecule has 0 amide bonds. The Morgan fingerprint density at radius 2 is 1.20 bits per heavy atom. The molecule has 2 rings (SSSR count). The fourth-order valence-corrected chi connectivity index (χ4v) is 2.79. The second-order valence-corrected chi connectivity index (χ2v) is 5.28. The first-order chi connectivity index (χ1) is 7.24. The topological polar surface area (TPSA) is 0 Å². The van der Waals surface area contributed by atoms with E-state index in [1.165, 1.54) is 9.79 Å². The average Bonchev–Trinajstić information content (AvgIpc) is 2.17. The summed E-state index contributed by atoms with van der Waals surface area (Å²) in [5, 5.41) is 0. The van der Waals surface area contributed by atoms with Gasteiger partial charge in [0.15, 0.2) is 0 Å². The van der Waals surface area contributed by atoms with Crippen molar-refractivity contribution in [3.8, 4) is 0 Å². The van der Waals surface area contributed by atoms with Crippen LogP contribution in [0.2, 0.25) is 0 Å². The first-order valence-electron chi connectivity index (χ1n) is 4.50. The van der Waals surface area contributed by atoms with Crippen LogP contribution in [0.3, 0.4) is 0 Å². The Labute approximate surface area is 105 Å². The van der Waals surface area contributed by atoms with Crippen LogP contribution in [0.1, 0.15) is 0 Å². The van der Waals surface area contributed by atoms with Crippen LogP contribution in [0, 0.1) is 0 Å². The molecule has 0 aromatic heterocycles. The lowest BCUT2D eigenvalue weighted by atomic mass is 10.4. The number of benzene rings is 2. The minimum atomic E-state index is 0.988. The van der Waals surface area contributed by atoms with E-state index in [0.29, 0.717) is 0 Å².